The predicted octanol–water partition coefficient (Wildman–Crippen LogP) is 16.5. The van der Waals surface area contributed by atoms with Crippen LogP contribution in [0.5, 0.6) is 0 Å². The summed E-state index contributed by atoms with van der Waals surface area (Å²) >= 11 is 0. The molecule has 0 aliphatic carbocycles. The zero-order chi connectivity index (χ0) is 62.4. The molecule has 0 bridgehead atoms. The summed E-state index contributed by atoms with van der Waals surface area (Å²) in [5.74, 6) is -4.90. The first kappa shape index (κ1) is 79.2. The third-order valence-corrected chi connectivity index (χ3v) is 16.4. The minimum atomic E-state index is -1.58. The van der Waals surface area contributed by atoms with E-state index in [4.69, 9.17) is 28.4 Å². The summed E-state index contributed by atoms with van der Waals surface area (Å²) in [6.07, 6.45) is 40.2. The molecule has 1 aliphatic rings. The number of carboxylic acids is 1. The highest BCUT2D eigenvalue weighted by Crippen LogP contribution is 2.30. The minimum absolute atomic E-state index is 0.0180. The Kier molecular flexibility index (Phi) is 51.7. The van der Waals surface area contributed by atoms with Crippen LogP contribution in [-0.2, 0) is 62.0 Å². The molecule has 0 radical (unpaired) electrons. The van der Waals surface area contributed by atoms with E-state index in [0.717, 1.165) is 103 Å². The summed E-state index contributed by atoms with van der Waals surface area (Å²) < 4.78 is 36.1. The molecule has 0 spiro atoms. The first-order valence-corrected chi connectivity index (χ1v) is 35.0. The summed E-state index contributed by atoms with van der Waals surface area (Å²) in [7, 11) is 0. The number of aliphatic carboxylic acids is 1. The van der Waals surface area contributed by atoms with Gasteiger partial charge in [0, 0.05) is 33.1 Å². The highest BCUT2D eigenvalue weighted by molar-refractivity contribution is 5.83. The molecule has 7 atom stereocenters. The molecule has 16 heteroatoms. The molecule has 1 fully saturated rings. The number of amides is 2. The number of esters is 4. The minimum Gasteiger partial charge on any atom is -0.480 e. The topological polar surface area (TPSA) is 219 Å². The standard InChI is InChI=1S/C69H126N2O14/c1-7-11-15-19-23-27-30-34-38-42-46-50-61(74)70-59(68(78)79)54-81-69-65(67(66(82-57(6)73)60(84-69)55-80-56(5)72)85-64(77)52-48-44-40-36-32-29-25-21-17-13-9-3)71-62(75)53-58(49-45-41-37-33-26-22-18-14-10-4)83-63(76)51-47-43-39-35-31-28-24-20-16-12-8-2/h58-60,65-67,69H,7-55H2,1-6H3,(H,70,74)(H,71,75)(H,78,79)/t58-,59+,60-,65-,66-,67-,69-/m1/s1. The molecule has 496 valence electrons. The van der Waals surface area contributed by atoms with E-state index < -0.39 is 91.7 Å². The molecule has 0 aromatic rings. The van der Waals surface area contributed by atoms with E-state index in [2.05, 4.69) is 38.3 Å². The lowest BCUT2D eigenvalue weighted by atomic mass is 9.95. The largest absolute Gasteiger partial charge is 0.480 e. The molecule has 3 N–H and O–H groups in total. The third kappa shape index (κ3) is 45.2. The van der Waals surface area contributed by atoms with Gasteiger partial charge >= 0.3 is 29.8 Å². The lowest BCUT2D eigenvalue weighted by Crippen LogP contribution is -2.67. The van der Waals surface area contributed by atoms with Gasteiger partial charge in [0.1, 0.15) is 24.9 Å². The zero-order valence-corrected chi connectivity index (χ0v) is 54.9. The summed E-state index contributed by atoms with van der Waals surface area (Å²) in [6, 6.07) is -2.96. The van der Waals surface area contributed by atoms with Crippen LogP contribution < -0.4 is 10.6 Å². The van der Waals surface area contributed by atoms with Crippen molar-refractivity contribution in [2.75, 3.05) is 13.2 Å². The van der Waals surface area contributed by atoms with Crippen molar-refractivity contribution < 1.29 is 67.1 Å². The van der Waals surface area contributed by atoms with Crippen molar-refractivity contribution in [2.45, 2.75) is 386 Å². The van der Waals surface area contributed by atoms with Gasteiger partial charge in [-0.15, -0.1) is 0 Å². The molecule has 0 aromatic carbocycles. The molecule has 0 unspecified atom stereocenters. The van der Waals surface area contributed by atoms with Gasteiger partial charge in [0.25, 0.3) is 0 Å². The summed E-state index contributed by atoms with van der Waals surface area (Å²) in [5.41, 5.74) is 0. The van der Waals surface area contributed by atoms with Crippen molar-refractivity contribution in [1.29, 1.82) is 0 Å². The van der Waals surface area contributed by atoms with Crippen LogP contribution in [0.2, 0.25) is 0 Å². The number of hydrogen-bond donors (Lipinski definition) is 3. The second-order valence-corrected chi connectivity index (χ2v) is 24.5. The van der Waals surface area contributed by atoms with E-state index in [0.29, 0.717) is 25.7 Å². The average Bonchev–Trinajstić information content (AvgIpc) is 3.66. The highest BCUT2D eigenvalue weighted by Gasteiger charge is 2.52. The van der Waals surface area contributed by atoms with E-state index in [-0.39, 0.29) is 31.7 Å². The van der Waals surface area contributed by atoms with E-state index in [1.165, 1.54) is 162 Å². The maximum absolute atomic E-state index is 14.6. The normalized spacial score (nSPS) is 17.4. The van der Waals surface area contributed by atoms with Crippen molar-refractivity contribution in [2.24, 2.45) is 0 Å². The maximum Gasteiger partial charge on any atom is 0.328 e. The number of carbonyl (C=O) groups excluding carboxylic acids is 6. The smallest absolute Gasteiger partial charge is 0.328 e. The van der Waals surface area contributed by atoms with E-state index in [9.17, 15) is 38.7 Å². The van der Waals surface area contributed by atoms with E-state index in [1.807, 2.05) is 0 Å². The van der Waals surface area contributed by atoms with Crippen molar-refractivity contribution >= 4 is 41.7 Å². The SMILES string of the molecule is CCCCCCCCCCCCCC(=O)N[C@@H](CO[C@@H]1O[C@H](COC(C)=O)[C@@H](OC(C)=O)[C@H](OC(=O)CCCCCCCCCCCCC)[C@H]1NC(=O)C[C@@H](CCCCCCCCCCC)OC(=O)CCCCCCCCCCCCC)C(=O)O. The Morgan fingerprint density at radius 1 is 0.447 bits per heavy atom. The van der Waals surface area contributed by atoms with E-state index in [1.54, 1.807) is 0 Å². The van der Waals surface area contributed by atoms with Gasteiger partial charge in [-0.2, -0.15) is 0 Å². The molecule has 1 aliphatic heterocycles. The summed E-state index contributed by atoms with van der Waals surface area (Å²) in [5, 5.41) is 15.9. The third-order valence-electron chi connectivity index (χ3n) is 16.4. The van der Waals surface area contributed by atoms with Crippen LogP contribution in [0, 0.1) is 0 Å². The van der Waals surface area contributed by atoms with Gasteiger partial charge in [-0.25, -0.2) is 4.79 Å². The molecule has 16 nitrogen and oxygen atoms in total. The number of ether oxygens (including phenoxy) is 6. The highest BCUT2D eigenvalue weighted by atomic mass is 16.7. The number of hydrogen-bond acceptors (Lipinski definition) is 13. The lowest BCUT2D eigenvalue weighted by Gasteiger charge is -2.45. The Bertz CT molecular complexity index is 1700. The Morgan fingerprint density at radius 2 is 0.835 bits per heavy atom. The first-order valence-electron chi connectivity index (χ1n) is 35.0. The Hall–Kier alpha value is -3.79. The van der Waals surface area contributed by atoms with Crippen LogP contribution in [0.15, 0.2) is 0 Å². The van der Waals surface area contributed by atoms with Crippen LogP contribution in [-0.4, -0.2) is 103 Å². The first-order chi connectivity index (χ1) is 41.3. The summed E-state index contributed by atoms with van der Waals surface area (Å²) in [6.45, 7) is 10.1. The van der Waals surface area contributed by atoms with Crippen molar-refractivity contribution in [3.8, 4) is 0 Å². The van der Waals surface area contributed by atoms with Gasteiger partial charge in [0.2, 0.25) is 11.8 Å². The van der Waals surface area contributed by atoms with Crippen LogP contribution in [0.4, 0.5) is 0 Å². The molecule has 1 heterocycles. The predicted molar refractivity (Wildman–Crippen MR) is 338 cm³/mol. The summed E-state index contributed by atoms with van der Waals surface area (Å²) in [4.78, 5) is 93.1. The van der Waals surface area contributed by atoms with Gasteiger partial charge in [0.15, 0.2) is 24.5 Å². The Morgan fingerprint density at radius 3 is 1.24 bits per heavy atom. The van der Waals surface area contributed by atoms with Gasteiger partial charge in [-0.05, 0) is 32.1 Å². The van der Waals surface area contributed by atoms with E-state index >= 15 is 0 Å². The Labute approximate surface area is 516 Å². The fraction of sp³-hybridized carbons (Fsp3) is 0.899. The molecule has 2 amide bonds. The lowest BCUT2D eigenvalue weighted by molar-refractivity contribution is -0.279. The van der Waals surface area contributed by atoms with Crippen molar-refractivity contribution in [3.05, 3.63) is 0 Å². The monoisotopic (exact) mass is 1210 g/mol. The quantitative estimate of drug-likeness (QED) is 0.0293. The van der Waals surface area contributed by atoms with Crippen molar-refractivity contribution in [3.63, 3.8) is 0 Å². The maximum atomic E-state index is 14.6. The van der Waals surface area contributed by atoms with Gasteiger partial charge in [-0.1, -0.05) is 272 Å². The molecule has 85 heavy (non-hydrogen) atoms. The van der Waals surface area contributed by atoms with Gasteiger partial charge in [0.05, 0.1) is 13.0 Å². The number of carbonyl (C=O) groups is 7. The Balaban J connectivity index is 3.42. The second-order valence-electron chi connectivity index (χ2n) is 24.5. The molecular formula is C69H126N2O14. The number of rotatable bonds is 59. The number of carboxylic acid groups (broad SMARTS) is 1. The van der Waals surface area contributed by atoms with Gasteiger partial charge < -0.3 is 44.2 Å². The molecular weight excluding hydrogens is 1080 g/mol. The molecule has 1 rings (SSSR count). The van der Waals surface area contributed by atoms with Crippen LogP contribution in [0.3, 0.4) is 0 Å². The molecule has 0 saturated carbocycles. The molecule has 0 aromatic heterocycles. The number of unbranched alkanes of at least 4 members (excludes halogenated alkanes) is 38. The second kappa shape index (κ2) is 55.5. The zero-order valence-electron chi connectivity index (χ0n) is 54.9. The fourth-order valence-corrected chi connectivity index (χ4v) is 11.2. The van der Waals surface area contributed by atoms with Crippen LogP contribution >= 0.6 is 0 Å². The van der Waals surface area contributed by atoms with Crippen molar-refractivity contribution in [1.82, 2.24) is 10.6 Å². The molecule has 1 saturated heterocycles. The van der Waals surface area contributed by atoms with Crippen LogP contribution in [0.25, 0.3) is 0 Å². The number of nitrogens with one attached hydrogen (secondary N) is 2. The average molecular weight is 1210 g/mol. The van der Waals surface area contributed by atoms with Crippen LogP contribution in [0.1, 0.15) is 343 Å². The van der Waals surface area contributed by atoms with Gasteiger partial charge in [-0.3, -0.25) is 28.8 Å². The fourth-order valence-electron chi connectivity index (χ4n) is 11.2.